The van der Waals surface area contributed by atoms with Gasteiger partial charge in [0.1, 0.15) is 0 Å². The van der Waals surface area contributed by atoms with Gasteiger partial charge in [-0.25, -0.2) is 15.0 Å². The highest BCUT2D eigenvalue weighted by molar-refractivity contribution is 7.98. The van der Waals surface area contributed by atoms with Crippen LogP contribution < -0.4 is 10.6 Å². The minimum Gasteiger partial charge on any atom is -0.361 e. The second kappa shape index (κ2) is 8.01. The third-order valence-electron chi connectivity index (χ3n) is 4.16. The number of anilines is 2. The smallest absolute Gasteiger partial charge is 0.222 e. The Bertz CT molecular complexity index is 845. The fourth-order valence-corrected chi connectivity index (χ4v) is 3.66. The lowest BCUT2D eigenvalue weighted by atomic mass is 10.1. The first-order valence-electron chi connectivity index (χ1n) is 8.27. The minimum absolute atomic E-state index is 0.429. The van der Waals surface area contributed by atoms with Crippen molar-refractivity contribution in [3.8, 4) is 0 Å². The molecule has 0 aliphatic rings. The van der Waals surface area contributed by atoms with Crippen molar-refractivity contribution in [3.63, 3.8) is 0 Å². The standard InChI is InChI=1S/C18H23N5S2/c1-11(7-19-17-20-9-14(24-4)10-21-17)8-22-18-23-16-13(3)12(2)5-6-15(16)25-18/h5-6,9-11H,7-8H2,1-4H3,(H,22,23)(H,19,20,21). The quantitative estimate of drug-likeness (QED) is 0.591. The van der Waals surface area contributed by atoms with Gasteiger partial charge >= 0.3 is 0 Å². The van der Waals surface area contributed by atoms with Crippen LogP contribution in [0.1, 0.15) is 18.1 Å². The van der Waals surface area contributed by atoms with E-state index in [0.29, 0.717) is 11.9 Å². The van der Waals surface area contributed by atoms with Crippen molar-refractivity contribution in [1.82, 2.24) is 15.0 Å². The van der Waals surface area contributed by atoms with Gasteiger partial charge in [-0.2, -0.15) is 0 Å². The van der Waals surface area contributed by atoms with E-state index in [4.69, 9.17) is 4.98 Å². The van der Waals surface area contributed by atoms with Gasteiger partial charge in [-0.15, -0.1) is 11.8 Å². The maximum absolute atomic E-state index is 4.74. The average Bonchev–Trinajstić information content (AvgIpc) is 3.06. The summed E-state index contributed by atoms with van der Waals surface area (Å²) in [6.07, 6.45) is 5.70. The van der Waals surface area contributed by atoms with Gasteiger partial charge in [0, 0.05) is 30.4 Å². The molecule has 3 aromatic rings. The molecule has 5 nitrogen and oxygen atoms in total. The first-order valence-corrected chi connectivity index (χ1v) is 10.3. The van der Waals surface area contributed by atoms with Crippen LogP contribution >= 0.6 is 23.1 Å². The van der Waals surface area contributed by atoms with Crippen LogP contribution in [-0.2, 0) is 0 Å². The molecule has 0 bridgehead atoms. The number of benzene rings is 1. The van der Waals surface area contributed by atoms with Gasteiger partial charge in [-0.1, -0.05) is 24.3 Å². The second-order valence-electron chi connectivity index (χ2n) is 6.19. The molecule has 2 heterocycles. The summed E-state index contributed by atoms with van der Waals surface area (Å²) in [4.78, 5) is 14.4. The molecule has 0 aliphatic carbocycles. The molecule has 0 saturated carbocycles. The third-order valence-corrected chi connectivity index (χ3v) is 5.82. The molecular formula is C18H23N5S2. The highest BCUT2D eigenvalue weighted by Crippen LogP contribution is 2.29. The maximum Gasteiger partial charge on any atom is 0.222 e. The van der Waals surface area contributed by atoms with E-state index in [-0.39, 0.29) is 0 Å². The highest BCUT2D eigenvalue weighted by Gasteiger charge is 2.09. The largest absolute Gasteiger partial charge is 0.361 e. The van der Waals surface area contributed by atoms with E-state index < -0.39 is 0 Å². The number of fused-ring (bicyclic) bond motifs is 1. The molecule has 0 aliphatic heterocycles. The van der Waals surface area contributed by atoms with Crippen LogP contribution in [0.4, 0.5) is 11.1 Å². The SMILES string of the molecule is CSc1cnc(NCC(C)CNc2nc3c(C)c(C)ccc3s2)nc1. The summed E-state index contributed by atoms with van der Waals surface area (Å²) in [5.41, 5.74) is 3.66. The van der Waals surface area contributed by atoms with Crippen LogP contribution in [-0.4, -0.2) is 34.3 Å². The fourth-order valence-electron chi connectivity index (χ4n) is 2.41. The Morgan fingerprint density at radius 1 is 1.12 bits per heavy atom. The van der Waals surface area contributed by atoms with E-state index >= 15 is 0 Å². The van der Waals surface area contributed by atoms with Gasteiger partial charge in [0.2, 0.25) is 5.95 Å². The van der Waals surface area contributed by atoms with Gasteiger partial charge in [-0.3, -0.25) is 0 Å². The summed E-state index contributed by atoms with van der Waals surface area (Å²) < 4.78 is 1.23. The van der Waals surface area contributed by atoms with Gasteiger partial charge in [-0.05, 0) is 43.2 Å². The minimum atomic E-state index is 0.429. The fraction of sp³-hybridized carbons (Fsp3) is 0.389. The molecule has 25 heavy (non-hydrogen) atoms. The van der Waals surface area contributed by atoms with Crippen molar-refractivity contribution in [1.29, 1.82) is 0 Å². The molecular weight excluding hydrogens is 350 g/mol. The lowest BCUT2D eigenvalue weighted by Crippen LogP contribution is -2.20. The summed E-state index contributed by atoms with van der Waals surface area (Å²) in [5.74, 6) is 1.11. The number of hydrogen-bond acceptors (Lipinski definition) is 7. The second-order valence-corrected chi connectivity index (χ2v) is 8.10. The molecule has 0 radical (unpaired) electrons. The summed E-state index contributed by atoms with van der Waals surface area (Å²) in [5, 5.41) is 7.73. The topological polar surface area (TPSA) is 62.7 Å². The molecule has 2 aromatic heterocycles. The first kappa shape index (κ1) is 17.9. The number of nitrogens with zero attached hydrogens (tertiary/aromatic N) is 3. The molecule has 0 fully saturated rings. The zero-order chi connectivity index (χ0) is 17.8. The molecule has 1 aromatic carbocycles. The number of thiazole rings is 1. The molecule has 0 saturated heterocycles. The molecule has 3 rings (SSSR count). The normalized spacial score (nSPS) is 12.3. The molecule has 132 valence electrons. The highest BCUT2D eigenvalue weighted by atomic mass is 32.2. The molecule has 0 amide bonds. The Kier molecular flexibility index (Phi) is 5.75. The Hall–Kier alpha value is -1.86. The van der Waals surface area contributed by atoms with Crippen molar-refractivity contribution in [2.45, 2.75) is 25.7 Å². The van der Waals surface area contributed by atoms with Crippen LogP contribution in [0.25, 0.3) is 10.2 Å². The predicted octanol–water partition coefficient (Wildman–Crippen LogP) is 4.59. The van der Waals surface area contributed by atoms with E-state index in [2.05, 4.69) is 53.5 Å². The van der Waals surface area contributed by atoms with Gasteiger partial charge < -0.3 is 10.6 Å². The van der Waals surface area contributed by atoms with E-state index in [1.165, 1.54) is 15.8 Å². The average molecular weight is 374 g/mol. The van der Waals surface area contributed by atoms with Crippen LogP contribution in [0.2, 0.25) is 0 Å². The van der Waals surface area contributed by atoms with Crippen LogP contribution in [0, 0.1) is 19.8 Å². The van der Waals surface area contributed by atoms with Crippen molar-refractivity contribution >= 4 is 44.4 Å². The lowest BCUT2D eigenvalue weighted by molar-refractivity contribution is 0.645. The summed E-state index contributed by atoms with van der Waals surface area (Å²) in [7, 11) is 0. The van der Waals surface area contributed by atoms with Crippen molar-refractivity contribution in [3.05, 3.63) is 35.7 Å². The predicted molar refractivity (Wildman–Crippen MR) is 109 cm³/mol. The first-order chi connectivity index (χ1) is 12.1. The van der Waals surface area contributed by atoms with Gasteiger partial charge in [0.15, 0.2) is 5.13 Å². The van der Waals surface area contributed by atoms with Gasteiger partial charge in [0.05, 0.1) is 10.2 Å². The summed E-state index contributed by atoms with van der Waals surface area (Å²) >= 11 is 3.35. The van der Waals surface area contributed by atoms with Crippen molar-refractivity contribution < 1.29 is 0 Å². The van der Waals surface area contributed by atoms with Crippen LogP contribution in [0.3, 0.4) is 0 Å². The number of aryl methyl sites for hydroxylation is 2. The molecule has 7 heteroatoms. The Morgan fingerprint density at radius 2 is 1.84 bits per heavy atom. The number of hydrogen-bond donors (Lipinski definition) is 2. The van der Waals surface area contributed by atoms with Crippen LogP contribution in [0.5, 0.6) is 0 Å². The number of aromatic nitrogens is 3. The molecule has 1 unspecified atom stereocenters. The molecule has 1 atom stereocenters. The number of thioether (sulfide) groups is 1. The van der Waals surface area contributed by atoms with Crippen molar-refractivity contribution in [2.75, 3.05) is 30.0 Å². The summed E-state index contributed by atoms with van der Waals surface area (Å²) in [6, 6.07) is 4.32. The van der Waals surface area contributed by atoms with Crippen molar-refractivity contribution in [2.24, 2.45) is 5.92 Å². The molecule has 0 spiro atoms. The zero-order valence-corrected chi connectivity index (χ0v) is 16.6. The third kappa shape index (κ3) is 4.41. The zero-order valence-electron chi connectivity index (χ0n) is 15.0. The Balaban J connectivity index is 1.53. The van der Waals surface area contributed by atoms with E-state index in [1.54, 1.807) is 23.1 Å². The molecule has 2 N–H and O–H groups in total. The van der Waals surface area contributed by atoms with E-state index in [9.17, 15) is 0 Å². The summed E-state index contributed by atoms with van der Waals surface area (Å²) in [6.45, 7) is 8.13. The van der Waals surface area contributed by atoms with Crippen LogP contribution in [0.15, 0.2) is 29.4 Å². The maximum atomic E-state index is 4.74. The number of nitrogens with one attached hydrogen (secondary N) is 2. The Morgan fingerprint density at radius 3 is 2.56 bits per heavy atom. The monoisotopic (exact) mass is 373 g/mol. The number of rotatable bonds is 7. The Labute approximate surface area is 156 Å². The lowest BCUT2D eigenvalue weighted by Gasteiger charge is -2.13. The van der Waals surface area contributed by atoms with E-state index in [1.807, 2.05) is 18.6 Å². The van der Waals surface area contributed by atoms with E-state index in [0.717, 1.165) is 28.6 Å². The van der Waals surface area contributed by atoms with Gasteiger partial charge in [0.25, 0.3) is 0 Å².